The number of benzene rings is 2. The average molecular weight is 407 g/mol. The Morgan fingerprint density at radius 1 is 0.750 bits per heavy atom. The van der Waals surface area contributed by atoms with Gasteiger partial charge < -0.3 is 28.4 Å². The third kappa shape index (κ3) is 6.51. The topological polar surface area (TPSA) is 55.4 Å². The van der Waals surface area contributed by atoms with Crippen LogP contribution in [-0.2, 0) is 9.47 Å². The fourth-order valence-corrected chi connectivity index (χ4v) is 2.90. The van der Waals surface area contributed by atoms with Gasteiger partial charge in [-0.05, 0) is 30.5 Å². The summed E-state index contributed by atoms with van der Waals surface area (Å²) in [4.78, 5) is 0. The van der Waals surface area contributed by atoms with E-state index < -0.39 is 0 Å². The Morgan fingerprint density at radius 2 is 1.21 bits per heavy atom. The lowest BCUT2D eigenvalue weighted by Crippen LogP contribution is -2.29. The molecule has 0 aromatic heterocycles. The molecule has 1 heterocycles. The van der Waals surface area contributed by atoms with Gasteiger partial charge in [0.05, 0.1) is 19.2 Å². The molecule has 0 fully saturated rings. The van der Waals surface area contributed by atoms with Crippen molar-refractivity contribution in [3.63, 3.8) is 0 Å². The second-order valence-corrected chi connectivity index (χ2v) is 6.83. The molecule has 0 spiro atoms. The van der Waals surface area contributed by atoms with Crippen molar-refractivity contribution in [2.24, 2.45) is 0 Å². The maximum absolute atomic E-state index is 5.97. The van der Waals surface area contributed by atoms with E-state index >= 15 is 0 Å². The van der Waals surface area contributed by atoms with E-state index in [4.69, 9.17) is 28.4 Å². The fourth-order valence-electron chi connectivity index (χ4n) is 2.57. The van der Waals surface area contributed by atoms with E-state index in [-0.39, 0.29) is 6.10 Å². The van der Waals surface area contributed by atoms with E-state index in [2.05, 4.69) is 0 Å². The van der Waals surface area contributed by atoms with Gasteiger partial charge in [0.2, 0.25) is 0 Å². The molecule has 152 valence electrons. The van der Waals surface area contributed by atoms with E-state index in [1.165, 1.54) is 0 Å². The fraction of sp³-hybridized carbons (Fsp3) is 0.429. The summed E-state index contributed by atoms with van der Waals surface area (Å²) in [5.41, 5.74) is 0. The standard InChI is InChI=1S/C21H26O6S/c1-28-16-27-17-14-25-20-8-4-2-6-18(20)23-12-10-22-11-13-24-19-7-3-5-9-21(19)26-15-17/h2-9,17H,10-16H2,1H3. The Kier molecular flexibility index (Phi) is 8.61. The molecule has 7 heteroatoms. The molecule has 0 aliphatic carbocycles. The first-order valence-electron chi connectivity index (χ1n) is 9.24. The lowest BCUT2D eigenvalue weighted by molar-refractivity contribution is 0.0133. The quantitative estimate of drug-likeness (QED) is 0.722. The molecule has 0 saturated carbocycles. The molecule has 1 aliphatic rings. The molecule has 0 bridgehead atoms. The van der Waals surface area contributed by atoms with Gasteiger partial charge in [0.15, 0.2) is 23.0 Å². The molecule has 0 atom stereocenters. The Hall–Kier alpha value is -2.09. The number of rotatable bonds is 3. The molecule has 0 radical (unpaired) electrons. The average Bonchev–Trinajstić information content (AvgIpc) is 2.73. The minimum atomic E-state index is -0.232. The first-order chi connectivity index (χ1) is 13.9. The van der Waals surface area contributed by atoms with E-state index in [9.17, 15) is 0 Å². The van der Waals surface area contributed by atoms with Gasteiger partial charge in [0.25, 0.3) is 0 Å². The number of ether oxygens (including phenoxy) is 6. The summed E-state index contributed by atoms with van der Waals surface area (Å²) in [6.07, 6.45) is 1.76. The van der Waals surface area contributed by atoms with Crippen molar-refractivity contribution in [2.45, 2.75) is 6.10 Å². The van der Waals surface area contributed by atoms with E-state index in [0.29, 0.717) is 68.6 Å². The second kappa shape index (κ2) is 11.7. The van der Waals surface area contributed by atoms with E-state index in [1.54, 1.807) is 11.8 Å². The minimum Gasteiger partial charge on any atom is -0.487 e. The molecular weight excluding hydrogens is 380 g/mol. The first-order valence-corrected chi connectivity index (χ1v) is 10.6. The van der Waals surface area contributed by atoms with Crippen molar-refractivity contribution in [3.05, 3.63) is 48.5 Å². The highest BCUT2D eigenvalue weighted by Crippen LogP contribution is 2.28. The van der Waals surface area contributed by atoms with Gasteiger partial charge in [-0.1, -0.05) is 24.3 Å². The Morgan fingerprint density at radius 3 is 1.68 bits per heavy atom. The lowest BCUT2D eigenvalue weighted by atomic mass is 10.3. The first kappa shape index (κ1) is 20.6. The molecule has 28 heavy (non-hydrogen) atoms. The second-order valence-electron chi connectivity index (χ2n) is 6.02. The van der Waals surface area contributed by atoms with Gasteiger partial charge in [-0.15, -0.1) is 11.8 Å². The van der Waals surface area contributed by atoms with Crippen LogP contribution in [0.5, 0.6) is 23.0 Å². The minimum absolute atomic E-state index is 0.232. The third-order valence-electron chi connectivity index (χ3n) is 3.94. The molecule has 2 aromatic carbocycles. The molecule has 2 aromatic rings. The Balaban J connectivity index is 1.72. The smallest absolute Gasteiger partial charge is 0.161 e. The van der Waals surface area contributed by atoms with Gasteiger partial charge in [-0.3, -0.25) is 0 Å². The Labute approximate surface area is 170 Å². The maximum atomic E-state index is 5.97. The van der Waals surface area contributed by atoms with Crippen molar-refractivity contribution >= 4 is 11.8 Å². The summed E-state index contributed by atoms with van der Waals surface area (Å²) >= 11 is 1.61. The molecular formula is C21H26O6S. The zero-order valence-electron chi connectivity index (χ0n) is 16.0. The van der Waals surface area contributed by atoms with Gasteiger partial charge in [0.1, 0.15) is 32.5 Å². The number of hydrogen-bond acceptors (Lipinski definition) is 7. The predicted octanol–water partition coefficient (Wildman–Crippen LogP) is 3.64. The van der Waals surface area contributed by atoms with Gasteiger partial charge in [-0.25, -0.2) is 0 Å². The number of hydrogen-bond donors (Lipinski definition) is 0. The monoisotopic (exact) mass is 406 g/mol. The molecule has 0 N–H and O–H groups in total. The maximum Gasteiger partial charge on any atom is 0.161 e. The largest absolute Gasteiger partial charge is 0.487 e. The molecule has 0 unspecified atom stereocenters. The normalized spacial score (nSPS) is 16.5. The van der Waals surface area contributed by atoms with Crippen molar-refractivity contribution in [1.29, 1.82) is 0 Å². The van der Waals surface area contributed by atoms with E-state index in [1.807, 2.05) is 54.8 Å². The van der Waals surface area contributed by atoms with Crippen LogP contribution in [0.2, 0.25) is 0 Å². The highest BCUT2D eigenvalue weighted by molar-refractivity contribution is 7.98. The van der Waals surface area contributed by atoms with E-state index in [0.717, 1.165) is 0 Å². The summed E-state index contributed by atoms with van der Waals surface area (Å²) in [6.45, 7) is 2.50. The Bertz CT molecular complexity index is 655. The molecule has 0 saturated heterocycles. The highest BCUT2D eigenvalue weighted by Gasteiger charge is 2.15. The zero-order chi connectivity index (χ0) is 19.4. The number of thioether (sulfide) groups is 1. The molecule has 1 aliphatic heterocycles. The lowest BCUT2D eigenvalue weighted by Gasteiger charge is -2.21. The SMILES string of the molecule is CSCOC1COc2ccccc2OCCOCCOc2ccccc2OC1. The van der Waals surface area contributed by atoms with Crippen LogP contribution in [0, 0.1) is 0 Å². The van der Waals surface area contributed by atoms with Crippen LogP contribution < -0.4 is 18.9 Å². The highest BCUT2D eigenvalue weighted by atomic mass is 32.2. The molecule has 0 amide bonds. The van der Waals surface area contributed by atoms with Gasteiger partial charge in [-0.2, -0.15) is 0 Å². The molecule has 3 rings (SSSR count). The van der Waals surface area contributed by atoms with Gasteiger partial charge >= 0.3 is 0 Å². The van der Waals surface area contributed by atoms with Crippen LogP contribution >= 0.6 is 11.8 Å². The van der Waals surface area contributed by atoms with Crippen LogP contribution in [0.3, 0.4) is 0 Å². The van der Waals surface area contributed by atoms with Crippen LogP contribution in [-0.4, -0.2) is 57.9 Å². The summed E-state index contributed by atoms with van der Waals surface area (Å²) in [7, 11) is 0. The van der Waals surface area contributed by atoms with Crippen molar-refractivity contribution in [1.82, 2.24) is 0 Å². The van der Waals surface area contributed by atoms with Gasteiger partial charge in [0, 0.05) is 0 Å². The van der Waals surface area contributed by atoms with Crippen LogP contribution in [0.15, 0.2) is 48.5 Å². The zero-order valence-corrected chi connectivity index (χ0v) is 16.8. The van der Waals surface area contributed by atoms with Crippen molar-refractivity contribution in [3.8, 4) is 23.0 Å². The van der Waals surface area contributed by atoms with Crippen LogP contribution in [0.25, 0.3) is 0 Å². The molecule has 6 nitrogen and oxygen atoms in total. The summed E-state index contributed by atoms with van der Waals surface area (Å²) in [6, 6.07) is 15.2. The summed E-state index contributed by atoms with van der Waals surface area (Å²) in [5, 5.41) is 0. The summed E-state index contributed by atoms with van der Waals surface area (Å²) in [5.74, 6) is 3.28. The van der Waals surface area contributed by atoms with Crippen LogP contribution in [0.1, 0.15) is 0 Å². The van der Waals surface area contributed by atoms with Crippen molar-refractivity contribution < 1.29 is 28.4 Å². The summed E-state index contributed by atoms with van der Waals surface area (Å²) < 4.78 is 35.0. The number of fused-ring (bicyclic) bond motifs is 2. The van der Waals surface area contributed by atoms with Crippen molar-refractivity contribution in [2.75, 3.05) is 51.8 Å². The number of para-hydroxylation sites is 4. The predicted molar refractivity (Wildman–Crippen MR) is 109 cm³/mol. The van der Waals surface area contributed by atoms with Crippen LogP contribution in [0.4, 0.5) is 0 Å². The third-order valence-corrected chi connectivity index (χ3v) is 4.31.